The highest BCUT2D eigenvalue weighted by atomic mass is 16.3. The van der Waals surface area contributed by atoms with Crippen LogP contribution < -0.4 is 11.1 Å². The molecule has 2 aromatic carbocycles. The topological polar surface area (TPSA) is 97.3 Å². The third kappa shape index (κ3) is 4.38. The van der Waals surface area contributed by atoms with Crippen molar-refractivity contribution in [2.75, 3.05) is 11.9 Å². The van der Waals surface area contributed by atoms with Gasteiger partial charge in [0.1, 0.15) is 6.61 Å². The van der Waals surface area contributed by atoms with Gasteiger partial charge < -0.3 is 20.7 Å². The molecule has 0 aliphatic carbocycles. The molecule has 0 saturated carbocycles. The Morgan fingerprint density at radius 2 is 1.79 bits per heavy atom. The van der Waals surface area contributed by atoms with Crippen molar-refractivity contribution in [1.29, 1.82) is 0 Å². The van der Waals surface area contributed by atoms with Crippen LogP contribution in [0.4, 0.5) is 5.69 Å². The Hall–Kier alpha value is -3.38. The van der Waals surface area contributed by atoms with Gasteiger partial charge in [-0.1, -0.05) is 25.5 Å². The number of aliphatic hydroxyl groups is 1. The van der Waals surface area contributed by atoms with Gasteiger partial charge in [0.15, 0.2) is 0 Å². The minimum atomic E-state index is -0.550. The number of benzene rings is 2. The van der Waals surface area contributed by atoms with Crippen LogP contribution in [0.5, 0.6) is 0 Å². The molecule has 0 radical (unpaired) electrons. The van der Waals surface area contributed by atoms with E-state index >= 15 is 0 Å². The normalized spacial score (nSPS) is 10.7. The molecule has 0 aliphatic rings. The average Bonchev–Trinajstić information content (AvgIpc) is 3.12. The zero-order valence-corrected chi connectivity index (χ0v) is 16.6. The molecule has 0 fully saturated rings. The lowest BCUT2D eigenvalue weighted by molar-refractivity contribution is -0.118. The summed E-state index contributed by atoms with van der Waals surface area (Å²) in [6.45, 7) is 3.55. The zero-order chi connectivity index (χ0) is 21.0. The second-order valence-corrected chi connectivity index (χ2v) is 6.94. The molecule has 150 valence electrons. The Bertz CT molecular complexity index is 1040. The summed E-state index contributed by atoms with van der Waals surface area (Å²) in [6.07, 6.45) is 1.93. The first kappa shape index (κ1) is 20.4. The number of anilines is 1. The van der Waals surface area contributed by atoms with Crippen molar-refractivity contribution < 1.29 is 14.7 Å². The predicted octanol–water partition coefficient (Wildman–Crippen LogP) is 3.43. The highest BCUT2D eigenvalue weighted by Gasteiger charge is 2.15. The smallest absolute Gasteiger partial charge is 0.250 e. The maximum atomic E-state index is 11.5. The second kappa shape index (κ2) is 8.75. The third-order valence-corrected chi connectivity index (χ3v) is 4.80. The van der Waals surface area contributed by atoms with Crippen molar-refractivity contribution in [3.8, 4) is 16.9 Å². The van der Waals surface area contributed by atoms with E-state index in [1.54, 1.807) is 6.07 Å². The molecular weight excluding hydrogens is 366 g/mol. The Kier molecular flexibility index (Phi) is 6.14. The number of aryl methyl sites for hydroxylation is 2. The summed E-state index contributed by atoms with van der Waals surface area (Å²) < 4.78 is 2.20. The maximum Gasteiger partial charge on any atom is 0.250 e. The number of carbonyl (C=O) groups excluding carboxylic acids is 2. The van der Waals surface area contributed by atoms with Crippen molar-refractivity contribution in [3.05, 3.63) is 71.4 Å². The molecule has 3 aromatic rings. The molecule has 2 amide bonds. The van der Waals surface area contributed by atoms with E-state index in [-0.39, 0.29) is 0 Å². The van der Waals surface area contributed by atoms with E-state index in [0.29, 0.717) is 11.3 Å². The number of nitrogens with zero attached hydrogens (tertiary/aromatic N) is 1. The number of rotatable bonds is 7. The number of aromatic nitrogens is 1. The van der Waals surface area contributed by atoms with Crippen molar-refractivity contribution >= 4 is 17.5 Å². The number of aliphatic hydroxyl groups excluding tert-OH is 1. The second-order valence-electron chi connectivity index (χ2n) is 6.94. The number of amides is 2. The van der Waals surface area contributed by atoms with E-state index < -0.39 is 18.4 Å². The first-order valence-electron chi connectivity index (χ1n) is 9.57. The fourth-order valence-electron chi connectivity index (χ4n) is 3.42. The van der Waals surface area contributed by atoms with E-state index in [1.165, 1.54) is 5.69 Å². The highest BCUT2D eigenvalue weighted by molar-refractivity contribution is 5.93. The predicted molar refractivity (Wildman–Crippen MR) is 114 cm³/mol. The molecule has 0 bridgehead atoms. The van der Waals surface area contributed by atoms with E-state index in [4.69, 9.17) is 10.8 Å². The van der Waals surface area contributed by atoms with E-state index in [1.807, 2.05) is 43.3 Å². The Labute approximate surface area is 170 Å². The summed E-state index contributed by atoms with van der Waals surface area (Å²) in [4.78, 5) is 22.9. The van der Waals surface area contributed by atoms with Gasteiger partial charge in [0.2, 0.25) is 11.8 Å². The van der Waals surface area contributed by atoms with Gasteiger partial charge in [-0.05, 0) is 66.9 Å². The largest absolute Gasteiger partial charge is 0.387 e. The van der Waals surface area contributed by atoms with Gasteiger partial charge in [0, 0.05) is 22.6 Å². The molecule has 6 heteroatoms. The minimum Gasteiger partial charge on any atom is -0.387 e. The van der Waals surface area contributed by atoms with Gasteiger partial charge >= 0.3 is 0 Å². The van der Waals surface area contributed by atoms with Crippen LogP contribution in [0.15, 0.2) is 54.6 Å². The Morgan fingerprint density at radius 1 is 1.07 bits per heavy atom. The molecule has 0 atom stereocenters. The number of hydrogen-bond donors (Lipinski definition) is 3. The van der Waals surface area contributed by atoms with Gasteiger partial charge in [0.05, 0.1) is 5.69 Å². The van der Waals surface area contributed by atoms with Crippen molar-refractivity contribution in [3.63, 3.8) is 0 Å². The van der Waals surface area contributed by atoms with E-state index in [2.05, 4.69) is 28.9 Å². The Morgan fingerprint density at radius 3 is 2.38 bits per heavy atom. The molecule has 6 nitrogen and oxygen atoms in total. The quantitative estimate of drug-likeness (QED) is 0.575. The van der Waals surface area contributed by atoms with Crippen LogP contribution in [-0.2, 0) is 11.2 Å². The number of nitrogens with two attached hydrogens (primary N) is 1. The third-order valence-electron chi connectivity index (χ3n) is 4.80. The summed E-state index contributed by atoms with van der Waals surface area (Å²) in [7, 11) is 0. The van der Waals surface area contributed by atoms with Crippen LogP contribution in [0.25, 0.3) is 16.9 Å². The van der Waals surface area contributed by atoms with Crippen LogP contribution >= 0.6 is 0 Å². The molecule has 0 unspecified atom stereocenters. The summed E-state index contributed by atoms with van der Waals surface area (Å²) >= 11 is 0. The number of nitrogens with one attached hydrogen (secondary N) is 1. The first-order chi connectivity index (χ1) is 13.9. The van der Waals surface area contributed by atoms with Gasteiger partial charge in [-0.3, -0.25) is 9.59 Å². The Balaban J connectivity index is 2.05. The molecule has 0 aliphatic heterocycles. The maximum absolute atomic E-state index is 11.5. The molecular formula is C23H25N3O3. The summed E-state index contributed by atoms with van der Waals surface area (Å²) in [5.74, 6) is -0.891. The van der Waals surface area contributed by atoms with Crippen molar-refractivity contribution in [2.24, 2.45) is 5.73 Å². The van der Waals surface area contributed by atoms with Gasteiger partial charge in [-0.2, -0.15) is 0 Å². The molecule has 1 heterocycles. The molecule has 0 spiro atoms. The van der Waals surface area contributed by atoms with Gasteiger partial charge in [-0.25, -0.2) is 0 Å². The van der Waals surface area contributed by atoms with Crippen molar-refractivity contribution in [2.45, 2.75) is 26.7 Å². The van der Waals surface area contributed by atoms with Crippen LogP contribution in [0.1, 0.15) is 35.0 Å². The van der Waals surface area contributed by atoms with Crippen molar-refractivity contribution in [1.82, 2.24) is 4.57 Å². The first-order valence-corrected chi connectivity index (χ1v) is 9.57. The fraction of sp³-hybridized carbons (Fsp3) is 0.217. The van der Waals surface area contributed by atoms with Crippen LogP contribution in [0, 0.1) is 6.92 Å². The van der Waals surface area contributed by atoms with Crippen LogP contribution in [-0.4, -0.2) is 28.1 Å². The molecule has 4 N–H and O–H groups in total. The van der Waals surface area contributed by atoms with Crippen LogP contribution in [0.2, 0.25) is 0 Å². The molecule has 3 rings (SSSR count). The average molecular weight is 391 g/mol. The number of hydrogen-bond acceptors (Lipinski definition) is 3. The fourth-order valence-corrected chi connectivity index (χ4v) is 3.42. The lowest BCUT2D eigenvalue weighted by atomic mass is 10.1. The summed E-state index contributed by atoms with van der Waals surface area (Å²) in [5.41, 5.74) is 11.7. The standard InChI is InChI=1S/C23H25N3O3/c1-3-4-19-10-12-21(16-5-8-18(9-6-16)25-22(28)14-27)26(19)20-11-7-17(23(24)29)13-15(20)2/h5-13,27H,3-4,14H2,1-2H3,(H2,24,29)(H,25,28). The highest BCUT2D eigenvalue weighted by Crippen LogP contribution is 2.30. The minimum absolute atomic E-state index is 0.443. The summed E-state index contributed by atoms with van der Waals surface area (Å²) in [5, 5.41) is 11.5. The van der Waals surface area contributed by atoms with Crippen LogP contribution in [0.3, 0.4) is 0 Å². The van der Waals surface area contributed by atoms with Gasteiger partial charge in [0.25, 0.3) is 0 Å². The molecule has 1 aromatic heterocycles. The summed E-state index contributed by atoms with van der Waals surface area (Å²) in [6, 6.07) is 17.2. The molecule has 0 saturated heterocycles. The molecule has 29 heavy (non-hydrogen) atoms. The lowest BCUT2D eigenvalue weighted by Gasteiger charge is -2.17. The van der Waals surface area contributed by atoms with E-state index in [9.17, 15) is 9.59 Å². The SMILES string of the molecule is CCCc1ccc(-c2ccc(NC(=O)CO)cc2)n1-c1ccc(C(N)=O)cc1C. The lowest BCUT2D eigenvalue weighted by Crippen LogP contribution is -2.15. The zero-order valence-electron chi connectivity index (χ0n) is 16.6. The van der Waals surface area contributed by atoms with E-state index in [0.717, 1.165) is 35.3 Å². The number of primary amides is 1. The monoisotopic (exact) mass is 391 g/mol. The van der Waals surface area contributed by atoms with Gasteiger partial charge in [-0.15, -0.1) is 0 Å². The number of carbonyl (C=O) groups is 2.